The van der Waals surface area contributed by atoms with Gasteiger partial charge in [-0.15, -0.1) is 11.3 Å². The molecule has 2 aromatic heterocycles. The van der Waals surface area contributed by atoms with Gasteiger partial charge in [0.1, 0.15) is 10.6 Å². The fourth-order valence-electron chi connectivity index (χ4n) is 2.17. The molecule has 5 nitrogen and oxygen atoms in total. The van der Waals surface area contributed by atoms with Crippen molar-refractivity contribution in [2.45, 2.75) is 18.9 Å². The summed E-state index contributed by atoms with van der Waals surface area (Å²) in [6.07, 6.45) is 1.40. The fourth-order valence-corrected chi connectivity index (χ4v) is 2.94. The molecule has 0 saturated carbocycles. The van der Waals surface area contributed by atoms with Crippen molar-refractivity contribution in [2.24, 2.45) is 0 Å². The normalized spacial score (nSPS) is 17.8. The minimum absolute atomic E-state index is 0.177. The quantitative estimate of drug-likeness (QED) is 0.796. The summed E-state index contributed by atoms with van der Waals surface area (Å²) in [5.74, 6) is 1.22. The largest absolute Gasteiger partial charge is 0.393 e. The number of thiophene rings is 1. The minimum Gasteiger partial charge on any atom is -0.393 e. The molecule has 2 aromatic rings. The van der Waals surface area contributed by atoms with Crippen molar-refractivity contribution >= 4 is 33.3 Å². The van der Waals surface area contributed by atoms with Crippen LogP contribution < -0.4 is 10.6 Å². The number of nitrogen functional groups attached to an aromatic ring is 1. The van der Waals surface area contributed by atoms with Crippen LogP contribution in [0, 0.1) is 0 Å². The standard InChI is InChI=1S/C11H14N4OS/c12-11-13-9(8-3-6-17-10(8)14-11)15-4-1-7(16)2-5-15/h3,6-7,16H,1-2,4-5H2,(H2,12,13,14). The third-order valence-electron chi connectivity index (χ3n) is 3.09. The molecule has 0 spiro atoms. The van der Waals surface area contributed by atoms with Gasteiger partial charge in [0.15, 0.2) is 0 Å². The highest BCUT2D eigenvalue weighted by molar-refractivity contribution is 7.16. The second-order valence-corrected chi connectivity index (χ2v) is 5.16. The average molecular weight is 250 g/mol. The summed E-state index contributed by atoms with van der Waals surface area (Å²) < 4.78 is 0. The summed E-state index contributed by atoms with van der Waals surface area (Å²) in [4.78, 5) is 11.7. The van der Waals surface area contributed by atoms with Gasteiger partial charge in [0, 0.05) is 13.1 Å². The number of hydrogen-bond acceptors (Lipinski definition) is 6. The maximum Gasteiger partial charge on any atom is 0.223 e. The zero-order valence-electron chi connectivity index (χ0n) is 9.33. The van der Waals surface area contributed by atoms with Crippen LogP contribution in [-0.2, 0) is 0 Å². The predicted octanol–water partition coefficient (Wildman–Crippen LogP) is 1.23. The molecule has 0 amide bonds. The molecule has 0 aliphatic carbocycles. The van der Waals surface area contributed by atoms with Gasteiger partial charge in [0.05, 0.1) is 11.5 Å². The van der Waals surface area contributed by atoms with Crippen molar-refractivity contribution in [3.05, 3.63) is 11.4 Å². The average Bonchev–Trinajstić information content (AvgIpc) is 2.77. The van der Waals surface area contributed by atoms with Gasteiger partial charge < -0.3 is 15.7 Å². The van der Waals surface area contributed by atoms with E-state index >= 15 is 0 Å². The maximum absolute atomic E-state index is 9.52. The lowest BCUT2D eigenvalue weighted by molar-refractivity contribution is 0.145. The second kappa shape index (κ2) is 4.12. The van der Waals surface area contributed by atoms with Crippen molar-refractivity contribution in [1.82, 2.24) is 9.97 Å². The van der Waals surface area contributed by atoms with Crippen LogP contribution in [0.5, 0.6) is 0 Å². The Bertz CT molecular complexity index is 533. The van der Waals surface area contributed by atoms with E-state index in [0.717, 1.165) is 42.0 Å². The SMILES string of the molecule is Nc1nc(N2CCC(O)CC2)c2ccsc2n1. The Morgan fingerprint density at radius 2 is 2.12 bits per heavy atom. The molecule has 0 atom stereocenters. The first-order valence-electron chi connectivity index (χ1n) is 5.68. The highest BCUT2D eigenvalue weighted by atomic mass is 32.1. The summed E-state index contributed by atoms with van der Waals surface area (Å²) in [5.41, 5.74) is 5.73. The number of aliphatic hydroxyl groups is 1. The van der Waals surface area contributed by atoms with Crippen LogP contribution in [0.25, 0.3) is 10.2 Å². The third kappa shape index (κ3) is 1.94. The molecule has 0 bridgehead atoms. The van der Waals surface area contributed by atoms with Crippen LogP contribution in [0.3, 0.4) is 0 Å². The van der Waals surface area contributed by atoms with E-state index < -0.39 is 0 Å². The van der Waals surface area contributed by atoms with Crippen molar-refractivity contribution in [3.8, 4) is 0 Å². The van der Waals surface area contributed by atoms with Crippen LogP contribution in [0.4, 0.5) is 11.8 Å². The van der Waals surface area contributed by atoms with E-state index in [1.54, 1.807) is 11.3 Å². The van der Waals surface area contributed by atoms with Gasteiger partial charge in [-0.2, -0.15) is 4.98 Å². The van der Waals surface area contributed by atoms with Crippen molar-refractivity contribution < 1.29 is 5.11 Å². The van der Waals surface area contributed by atoms with Gasteiger partial charge in [-0.3, -0.25) is 0 Å². The Morgan fingerprint density at radius 1 is 1.35 bits per heavy atom. The highest BCUT2D eigenvalue weighted by Gasteiger charge is 2.20. The van der Waals surface area contributed by atoms with Crippen LogP contribution in [0.15, 0.2) is 11.4 Å². The van der Waals surface area contributed by atoms with Crippen molar-refractivity contribution in [1.29, 1.82) is 0 Å². The Morgan fingerprint density at radius 3 is 2.88 bits per heavy atom. The van der Waals surface area contributed by atoms with Gasteiger partial charge in [-0.1, -0.05) is 0 Å². The Kier molecular flexibility index (Phi) is 2.60. The molecular formula is C11H14N4OS. The molecule has 0 radical (unpaired) electrons. The van der Waals surface area contributed by atoms with Gasteiger partial charge in [0.2, 0.25) is 5.95 Å². The predicted molar refractivity (Wildman–Crippen MR) is 69.3 cm³/mol. The number of aromatic nitrogens is 2. The smallest absolute Gasteiger partial charge is 0.223 e. The summed E-state index contributed by atoms with van der Waals surface area (Å²) >= 11 is 1.57. The fraction of sp³-hybridized carbons (Fsp3) is 0.455. The Labute approximate surface area is 103 Å². The molecule has 1 saturated heterocycles. The number of nitrogens with two attached hydrogens (primary N) is 1. The zero-order chi connectivity index (χ0) is 11.8. The van der Waals surface area contributed by atoms with Gasteiger partial charge in [0.25, 0.3) is 0 Å². The lowest BCUT2D eigenvalue weighted by Gasteiger charge is -2.30. The molecule has 90 valence electrons. The summed E-state index contributed by atoms with van der Waals surface area (Å²) in [7, 11) is 0. The minimum atomic E-state index is -0.177. The van der Waals surface area contributed by atoms with Crippen LogP contribution >= 0.6 is 11.3 Å². The number of anilines is 2. The molecule has 17 heavy (non-hydrogen) atoms. The zero-order valence-corrected chi connectivity index (χ0v) is 10.2. The topological polar surface area (TPSA) is 75.3 Å². The Balaban J connectivity index is 2.01. The maximum atomic E-state index is 9.52. The van der Waals surface area contributed by atoms with E-state index in [2.05, 4.69) is 14.9 Å². The summed E-state index contributed by atoms with van der Waals surface area (Å²) in [5, 5.41) is 12.6. The van der Waals surface area contributed by atoms with E-state index in [4.69, 9.17) is 5.73 Å². The molecule has 1 fully saturated rings. The number of fused-ring (bicyclic) bond motifs is 1. The molecule has 6 heteroatoms. The van der Waals surface area contributed by atoms with Crippen LogP contribution in [-0.4, -0.2) is 34.3 Å². The third-order valence-corrected chi connectivity index (χ3v) is 3.89. The number of rotatable bonds is 1. The number of nitrogens with zero attached hydrogens (tertiary/aromatic N) is 3. The molecular weight excluding hydrogens is 236 g/mol. The molecule has 1 aliphatic heterocycles. The van der Waals surface area contributed by atoms with E-state index in [-0.39, 0.29) is 6.10 Å². The number of aliphatic hydroxyl groups excluding tert-OH is 1. The first-order chi connectivity index (χ1) is 8.24. The van der Waals surface area contributed by atoms with E-state index in [1.807, 2.05) is 11.4 Å². The van der Waals surface area contributed by atoms with Crippen LogP contribution in [0.1, 0.15) is 12.8 Å². The van der Waals surface area contributed by atoms with Gasteiger partial charge in [-0.25, -0.2) is 4.98 Å². The van der Waals surface area contributed by atoms with Gasteiger partial charge >= 0.3 is 0 Å². The first-order valence-corrected chi connectivity index (χ1v) is 6.56. The lowest BCUT2D eigenvalue weighted by atomic mass is 10.1. The van der Waals surface area contributed by atoms with E-state index in [0.29, 0.717) is 5.95 Å². The molecule has 3 rings (SSSR count). The molecule has 1 aliphatic rings. The second-order valence-electron chi connectivity index (χ2n) is 4.26. The number of hydrogen-bond donors (Lipinski definition) is 2. The summed E-state index contributed by atoms with van der Waals surface area (Å²) in [6, 6.07) is 2.03. The Hall–Kier alpha value is -1.40. The first kappa shape index (κ1) is 10.7. The number of piperidine rings is 1. The van der Waals surface area contributed by atoms with Crippen molar-refractivity contribution in [2.75, 3.05) is 23.7 Å². The molecule has 0 unspecified atom stereocenters. The van der Waals surface area contributed by atoms with Crippen LogP contribution in [0.2, 0.25) is 0 Å². The molecule has 3 heterocycles. The van der Waals surface area contributed by atoms with Crippen molar-refractivity contribution in [3.63, 3.8) is 0 Å². The molecule has 3 N–H and O–H groups in total. The monoisotopic (exact) mass is 250 g/mol. The van der Waals surface area contributed by atoms with E-state index in [1.165, 1.54) is 0 Å². The van der Waals surface area contributed by atoms with E-state index in [9.17, 15) is 5.11 Å². The summed E-state index contributed by atoms with van der Waals surface area (Å²) in [6.45, 7) is 1.64. The lowest BCUT2D eigenvalue weighted by Crippen LogP contribution is -2.36. The van der Waals surface area contributed by atoms with Gasteiger partial charge in [-0.05, 0) is 24.3 Å². The highest BCUT2D eigenvalue weighted by Crippen LogP contribution is 2.30. The molecule has 0 aromatic carbocycles.